The molecule has 0 aliphatic carbocycles. The highest BCUT2D eigenvalue weighted by molar-refractivity contribution is 5.91. The third kappa shape index (κ3) is 5.79. The van der Waals surface area contributed by atoms with Gasteiger partial charge in [-0.15, -0.1) is 0 Å². The molecule has 0 fully saturated rings. The fourth-order valence-electron chi connectivity index (χ4n) is 2.99. The van der Waals surface area contributed by atoms with Crippen molar-refractivity contribution in [3.63, 3.8) is 0 Å². The predicted molar refractivity (Wildman–Crippen MR) is 118 cm³/mol. The van der Waals surface area contributed by atoms with Gasteiger partial charge in [0.05, 0.1) is 21.3 Å². The van der Waals surface area contributed by atoms with Crippen LogP contribution in [0, 0.1) is 0 Å². The Morgan fingerprint density at radius 2 is 1.52 bits per heavy atom. The van der Waals surface area contributed by atoms with Crippen molar-refractivity contribution in [2.45, 2.75) is 32.6 Å². The van der Waals surface area contributed by atoms with Crippen LogP contribution in [-0.2, 0) is 10.2 Å². The molecule has 29 heavy (non-hydrogen) atoms. The molecule has 6 heteroatoms. The summed E-state index contributed by atoms with van der Waals surface area (Å²) in [6.07, 6.45) is 0.355. The van der Waals surface area contributed by atoms with E-state index in [1.54, 1.807) is 33.5 Å². The Kier molecular flexibility index (Phi) is 7.37. The minimum absolute atomic E-state index is 0.0857. The van der Waals surface area contributed by atoms with Crippen molar-refractivity contribution in [2.75, 3.05) is 45.1 Å². The van der Waals surface area contributed by atoms with Crippen LogP contribution >= 0.6 is 0 Å². The lowest BCUT2D eigenvalue weighted by Crippen LogP contribution is -2.24. The third-order valence-corrected chi connectivity index (χ3v) is 4.80. The zero-order valence-electron chi connectivity index (χ0n) is 18.5. The molecule has 0 aromatic heterocycles. The number of ether oxygens (including phenoxy) is 3. The minimum atomic E-state index is -0.0857. The number of anilines is 2. The van der Waals surface area contributed by atoms with Gasteiger partial charge in [0.15, 0.2) is 11.5 Å². The SMILES string of the molecule is COc1cc(NC(=O)CCN(C)c2ccc(C(C)(C)C)cc2)cc(OC)c1OC. The summed E-state index contributed by atoms with van der Waals surface area (Å²) < 4.78 is 16.0. The Morgan fingerprint density at radius 3 is 1.97 bits per heavy atom. The minimum Gasteiger partial charge on any atom is -0.493 e. The summed E-state index contributed by atoms with van der Waals surface area (Å²) in [6, 6.07) is 11.9. The number of amides is 1. The van der Waals surface area contributed by atoms with Crippen LogP contribution in [-0.4, -0.2) is 40.8 Å². The first-order valence-corrected chi connectivity index (χ1v) is 9.61. The smallest absolute Gasteiger partial charge is 0.226 e. The van der Waals surface area contributed by atoms with E-state index in [4.69, 9.17) is 14.2 Å². The van der Waals surface area contributed by atoms with Crippen molar-refractivity contribution in [2.24, 2.45) is 0 Å². The van der Waals surface area contributed by atoms with Crippen molar-refractivity contribution in [1.82, 2.24) is 0 Å². The molecule has 0 spiro atoms. The van der Waals surface area contributed by atoms with E-state index in [0.29, 0.717) is 35.9 Å². The molecule has 1 N–H and O–H groups in total. The summed E-state index contributed by atoms with van der Waals surface area (Å²) in [7, 11) is 6.62. The Morgan fingerprint density at radius 1 is 0.966 bits per heavy atom. The van der Waals surface area contributed by atoms with E-state index in [9.17, 15) is 4.79 Å². The van der Waals surface area contributed by atoms with Crippen molar-refractivity contribution < 1.29 is 19.0 Å². The van der Waals surface area contributed by atoms with E-state index in [2.05, 4.69) is 55.3 Å². The molecule has 2 aromatic rings. The molecule has 0 saturated carbocycles. The van der Waals surface area contributed by atoms with E-state index >= 15 is 0 Å². The van der Waals surface area contributed by atoms with Crippen LogP contribution in [0.5, 0.6) is 17.2 Å². The standard InChI is InChI=1S/C23H32N2O4/c1-23(2,3)16-8-10-18(11-9-16)25(4)13-12-21(26)24-17-14-19(27-5)22(29-7)20(15-17)28-6/h8-11,14-15H,12-13H2,1-7H3,(H,24,26). The number of nitrogens with zero attached hydrogens (tertiary/aromatic N) is 1. The Balaban J connectivity index is 1.99. The van der Waals surface area contributed by atoms with Crippen LogP contribution in [0.4, 0.5) is 11.4 Å². The van der Waals surface area contributed by atoms with Crippen molar-refractivity contribution in [3.05, 3.63) is 42.0 Å². The van der Waals surface area contributed by atoms with Gasteiger partial charge in [0.1, 0.15) is 0 Å². The van der Waals surface area contributed by atoms with Gasteiger partial charge < -0.3 is 24.4 Å². The maximum atomic E-state index is 12.4. The van der Waals surface area contributed by atoms with Crippen LogP contribution in [0.1, 0.15) is 32.8 Å². The molecular weight excluding hydrogens is 368 g/mol. The first-order valence-electron chi connectivity index (χ1n) is 9.61. The zero-order valence-corrected chi connectivity index (χ0v) is 18.5. The Bertz CT molecular complexity index is 801. The number of hydrogen-bond acceptors (Lipinski definition) is 5. The summed E-state index contributed by atoms with van der Waals surface area (Å²) in [4.78, 5) is 14.5. The molecule has 6 nitrogen and oxygen atoms in total. The second-order valence-electron chi connectivity index (χ2n) is 7.93. The topological polar surface area (TPSA) is 60.0 Å². The third-order valence-electron chi connectivity index (χ3n) is 4.80. The van der Waals surface area contributed by atoms with Gasteiger partial charge in [-0.2, -0.15) is 0 Å². The van der Waals surface area contributed by atoms with Crippen LogP contribution in [0.2, 0.25) is 0 Å². The molecule has 0 aliphatic rings. The highest BCUT2D eigenvalue weighted by Crippen LogP contribution is 2.39. The molecule has 2 aromatic carbocycles. The average Bonchev–Trinajstić information content (AvgIpc) is 2.70. The monoisotopic (exact) mass is 400 g/mol. The summed E-state index contributed by atoms with van der Waals surface area (Å²) in [5.41, 5.74) is 3.09. The first-order chi connectivity index (χ1) is 13.7. The molecular formula is C23H32N2O4. The Hall–Kier alpha value is -2.89. The lowest BCUT2D eigenvalue weighted by Gasteiger charge is -2.23. The predicted octanol–water partition coefficient (Wildman–Crippen LogP) is 4.47. The van der Waals surface area contributed by atoms with Crippen LogP contribution in [0.3, 0.4) is 0 Å². The normalized spacial score (nSPS) is 11.0. The molecule has 0 unspecified atom stereocenters. The lowest BCUT2D eigenvalue weighted by molar-refractivity contribution is -0.116. The van der Waals surface area contributed by atoms with Gasteiger partial charge in [0.25, 0.3) is 0 Å². The van der Waals surface area contributed by atoms with E-state index in [1.165, 1.54) is 5.56 Å². The fourth-order valence-corrected chi connectivity index (χ4v) is 2.99. The summed E-state index contributed by atoms with van der Waals surface area (Å²) in [5, 5.41) is 2.90. The van der Waals surface area contributed by atoms with Gasteiger partial charge in [0.2, 0.25) is 11.7 Å². The molecule has 158 valence electrons. The molecule has 0 heterocycles. The average molecular weight is 401 g/mol. The van der Waals surface area contributed by atoms with Gasteiger partial charge >= 0.3 is 0 Å². The van der Waals surface area contributed by atoms with Crippen molar-refractivity contribution in [3.8, 4) is 17.2 Å². The van der Waals surface area contributed by atoms with Crippen LogP contribution in [0.15, 0.2) is 36.4 Å². The van der Waals surface area contributed by atoms with Crippen LogP contribution in [0.25, 0.3) is 0 Å². The first kappa shape index (κ1) is 22.4. The van der Waals surface area contributed by atoms with Crippen molar-refractivity contribution >= 4 is 17.3 Å². The second kappa shape index (κ2) is 9.54. The maximum absolute atomic E-state index is 12.4. The quantitative estimate of drug-likeness (QED) is 0.708. The zero-order chi connectivity index (χ0) is 21.6. The molecule has 0 aliphatic heterocycles. The van der Waals surface area contributed by atoms with Gasteiger partial charge in [-0.3, -0.25) is 4.79 Å². The van der Waals surface area contributed by atoms with Gasteiger partial charge in [0, 0.05) is 43.5 Å². The maximum Gasteiger partial charge on any atom is 0.226 e. The highest BCUT2D eigenvalue weighted by atomic mass is 16.5. The number of carbonyl (C=O) groups excluding carboxylic acids is 1. The fraction of sp³-hybridized carbons (Fsp3) is 0.435. The summed E-state index contributed by atoms with van der Waals surface area (Å²) in [6.45, 7) is 7.18. The van der Waals surface area contributed by atoms with Crippen LogP contribution < -0.4 is 24.4 Å². The highest BCUT2D eigenvalue weighted by Gasteiger charge is 2.16. The molecule has 1 amide bonds. The molecule has 0 atom stereocenters. The lowest BCUT2D eigenvalue weighted by atomic mass is 9.87. The number of benzene rings is 2. The van der Waals surface area contributed by atoms with Gasteiger partial charge in [-0.1, -0.05) is 32.9 Å². The number of rotatable bonds is 8. The second-order valence-corrected chi connectivity index (χ2v) is 7.93. The largest absolute Gasteiger partial charge is 0.493 e. The van der Waals surface area contributed by atoms with E-state index in [0.717, 1.165) is 5.69 Å². The number of carbonyl (C=O) groups is 1. The molecule has 0 radical (unpaired) electrons. The molecule has 2 rings (SSSR count). The number of methoxy groups -OCH3 is 3. The summed E-state index contributed by atoms with van der Waals surface area (Å²) in [5.74, 6) is 1.40. The van der Waals surface area contributed by atoms with Gasteiger partial charge in [-0.25, -0.2) is 0 Å². The van der Waals surface area contributed by atoms with Gasteiger partial charge in [-0.05, 0) is 23.1 Å². The van der Waals surface area contributed by atoms with E-state index in [1.807, 2.05) is 7.05 Å². The van der Waals surface area contributed by atoms with E-state index < -0.39 is 0 Å². The molecule has 0 saturated heterocycles. The van der Waals surface area contributed by atoms with E-state index in [-0.39, 0.29) is 11.3 Å². The number of hydrogen-bond donors (Lipinski definition) is 1. The summed E-state index contributed by atoms with van der Waals surface area (Å²) >= 11 is 0. The Labute approximate surface area is 173 Å². The number of nitrogens with one attached hydrogen (secondary N) is 1. The van der Waals surface area contributed by atoms with Crippen molar-refractivity contribution in [1.29, 1.82) is 0 Å². The molecule has 0 bridgehead atoms.